The molecule has 3 aromatic heterocycles. The van der Waals surface area contributed by atoms with Crippen molar-refractivity contribution < 1.29 is 8.83 Å². The zero-order valence-electron chi connectivity index (χ0n) is 35.0. The number of nitrogens with zero attached hydrogens (tertiary/aromatic N) is 3. The van der Waals surface area contributed by atoms with Crippen molar-refractivity contribution in [2.24, 2.45) is 15.9 Å². The van der Waals surface area contributed by atoms with Gasteiger partial charge in [0.2, 0.25) is 0 Å². The Balaban J connectivity index is 1.06. The second-order valence-electron chi connectivity index (χ2n) is 16.9. The van der Waals surface area contributed by atoms with Gasteiger partial charge in [0.1, 0.15) is 16.7 Å². The van der Waals surface area contributed by atoms with Crippen molar-refractivity contribution in [1.29, 1.82) is 0 Å². The van der Waals surface area contributed by atoms with Crippen molar-refractivity contribution in [2.45, 2.75) is 13.3 Å². The molecule has 302 valence electrons. The average molecular weight is 822 g/mol. The van der Waals surface area contributed by atoms with Gasteiger partial charge >= 0.3 is 0 Å². The summed E-state index contributed by atoms with van der Waals surface area (Å²) in [6.07, 6.45) is 3.03. The number of rotatable bonds is 5. The van der Waals surface area contributed by atoms with Gasteiger partial charge in [-0.15, -0.1) is 0 Å². The Morgan fingerprint density at radius 2 is 1.11 bits per heavy atom. The van der Waals surface area contributed by atoms with Crippen LogP contribution in [0.15, 0.2) is 219 Å². The maximum Gasteiger partial charge on any atom is 0.160 e. The van der Waals surface area contributed by atoms with Crippen LogP contribution in [0.25, 0.3) is 99.0 Å². The third-order valence-electron chi connectivity index (χ3n) is 13.1. The number of furan rings is 2. The van der Waals surface area contributed by atoms with E-state index >= 15 is 0 Å². The van der Waals surface area contributed by atoms with E-state index in [2.05, 4.69) is 193 Å². The molecule has 0 saturated heterocycles. The number of amidine groups is 1. The van der Waals surface area contributed by atoms with Gasteiger partial charge in [-0.1, -0.05) is 153 Å². The van der Waals surface area contributed by atoms with Crippen LogP contribution in [0.1, 0.15) is 30.0 Å². The molecule has 1 aliphatic rings. The highest BCUT2D eigenvalue weighted by Gasteiger charge is 2.25. The Bertz CT molecular complexity index is 3940. The summed E-state index contributed by atoms with van der Waals surface area (Å²) in [6, 6.07) is 68.6. The van der Waals surface area contributed by atoms with Crippen LogP contribution in [0.4, 0.5) is 0 Å². The Labute approximate surface area is 368 Å². The molecule has 5 heteroatoms. The van der Waals surface area contributed by atoms with E-state index in [1.807, 2.05) is 18.2 Å². The van der Waals surface area contributed by atoms with Crippen molar-refractivity contribution in [3.05, 3.63) is 217 Å². The number of hydrogen-bond donors (Lipinski definition) is 0. The van der Waals surface area contributed by atoms with Crippen LogP contribution in [0.5, 0.6) is 0 Å². The molecule has 0 spiro atoms. The molecule has 0 aliphatic carbocycles. The zero-order valence-corrected chi connectivity index (χ0v) is 35.0. The maximum absolute atomic E-state index is 7.01. The predicted molar refractivity (Wildman–Crippen MR) is 266 cm³/mol. The first kappa shape index (κ1) is 36.4. The summed E-state index contributed by atoms with van der Waals surface area (Å²) in [4.78, 5) is 11.2. The van der Waals surface area contributed by atoms with E-state index in [1.54, 1.807) is 0 Å². The Morgan fingerprint density at radius 1 is 0.469 bits per heavy atom. The molecule has 1 unspecified atom stereocenters. The predicted octanol–water partition coefficient (Wildman–Crippen LogP) is 15.7. The third kappa shape index (κ3) is 5.78. The summed E-state index contributed by atoms with van der Waals surface area (Å²) in [5.41, 5.74) is 13.6. The largest absolute Gasteiger partial charge is 0.456 e. The molecule has 64 heavy (non-hydrogen) atoms. The number of hydrogen-bond acceptors (Lipinski definition) is 4. The summed E-state index contributed by atoms with van der Waals surface area (Å²) >= 11 is 0. The van der Waals surface area contributed by atoms with Crippen molar-refractivity contribution >= 4 is 93.7 Å². The van der Waals surface area contributed by atoms with E-state index in [9.17, 15) is 0 Å². The highest BCUT2D eigenvalue weighted by atomic mass is 16.3. The summed E-state index contributed by atoms with van der Waals surface area (Å²) in [6.45, 7) is 2.27. The van der Waals surface area contributed by atoms with Gasteiger partial charge in [-0.05, 0) is 88.5 Å². The number of aliphatic imine (C=N–C) groups is 2. The van der Waals surface area contributed by atoms with Gasteiger partial charge in [-0.2, -0.15) is 0 Å². The zero-order chi connectivity index (χ0) is 42.3. The van der Waals surface area contributed by atoms with Crippen LogP contribution in [-0.4, -0.2) is 16.1 Å². The summed E-state index contributed by atoms with van der Waals surface area (Å²) in [5, 5.41) is 8.97. The Hall–Kier alpha value is -8.28. The standard InChI is InChI=1S/C59H39N3O2/c1-36-23-31-49(42-28-29-45-44-18-8-11-21-53(44)63-55(45)35-42)60-59(61-57(36)39-26-24-38(25-27-39)37-13-3-2-4-14-37)47-30-32-51(58-56(47)46-19-9-12-22-54(46)64-58)62-50-20-10-7-17-43(50)48-33-40-15-5-6-16-41(40)34-52(48)62/h2-22,24-36H,23H2,1H3/b49-31+,60-59?,61-57?. The first-order valence-electron chi connectivity index (χ1n) is 21.9. The molecule has 1 aliphatic heterocycles. The molecule has 0 amide bonds. The highest BCUT2D eigenvalue weighted by molar-refractivity contribution is 6.24. The summed E-state index contributed by atoms with van der Waals surface area (Å²) in [5.74, 6) is 0.710. The summed E-state index contributed by atoms with van der Waals surface area (Å²) in [7, 11) is 0. The molecule has 9 aromatic carbocycles. The SMILES string of the molecule is CC1C/C=C(\c2ccc3c(c2)oc2ccccc23)N=C(c2ccc(-n3c4ccccc4c4cc5ccccc5cc43)c3oc4ccccc4c23)N=C1c1ccc(-c2ccccc2)cc1. The van der Waals surface area contributed by atoms with Crippen LogP contribution >= 0.6 is 0 Å². The van der Waals surface area contributed by atoms with E-state index in [0.717, 1.165) is 95.1 Å². The number of fused-ring (bicyclic) bond motifs is 10. The van der Waals surface area contributed by atoms with E-state index in [4.69, 9.17) is 18.8 Å². The van der Waals surface area contributed by atoms with Crippen LogP contribution in [-0.2, 0) is 0 Å². The van der Waals surface area contributed by atoms with Gasteiger partial charge in [0.15, 0.2) is 11.4 Å². The van der Waals surface area contributed by atoms with E-state index in [0.29, 0.717) is 5.84 Å². The van der Waals surface area contributed by atoms with Crippen molar-refractivity contribution in [1.82, 2.24) is 4.57 Å². The number of allylic oxidation sites excluding steroid dienone is 1. The molecule has 4 heterocycles. The van der Waals surface area contributed by atoms with Crippen LogP contribution < -0.4 is 0 Å². The lowest BCUT2D eigenvalue weighted by Gasteiger charge is -2.19. The molecule has 0 bridgehead atoms. The van der Waals surface area contributed by atoms with E-state index < -0.39 is 0 Å². The van der Waals surface area contributed by atoms with Gasteiger partial charge in [-0.3, -0.25) is 0 Å². The molecular formula is C59H39N3O2. The second-order valence-corrected chi connectivity index (χ2v) is 16.9. The molecule has 1 atom stereocenters. The molecule has 12 aromatic rings. The van der Waals surface area contributed by atoms with E-state index in [1.165, 1.54) is 32.7 Å². The molecular weight excluding hydrogens is 783 g/mol. The minimum absolute atomic E-state index is 0.0845. The second kappa shape index (κ2) is 14.4. The van der Waals surface area contributed by atoms with E-state index in [-0.39, 0.29) is 5.92 Å². The first-order chi connectivity index (χ1) is 31.6. The van der Waals surface area contributed by atoms with Crippen molar-refractivity contribution in [3.63, 3.8) is 0 Å². The third-order valence-corrected chi connectivity index (χ3v) is 13.1. The minimum Gasteiger partial charge on any atom is -0.456 e. The first-order valence-corrected chi connectivity index (χ1v) is 21.9. The summed E-state index contributed by atoms with van der Waals surface area (Å²) < 4.78 is 15.8. The maximum atomic E-state index is 7.01. The topological polar surface area (TPSA) is 55.9 Å². The lowest BCUT2D eigenvalue weighted by atomic mass is 9.92. The minimum atomic E-state index is 0.0845. The number of aromatic nitrogens is 1. The average Bonchev–Trinajstić information content (AvgIpc) is 4.02. The van der Waals surface area contributed by atoms with Crippen molar-refractivity contribution in [2.75, 3.05) is 0 Å². The fraction of sp³-hybridized carbons (Fsp3) is 0.0508. The van der Waals surface area contributed by atoms with Gasteiger partial charge in [-0.25, -0.2) is 9.98 Å². The van der Waals surface area contributed by atoms with Crippen LogP contribution in [0.3, 0.4) is 0 Å². The highest BCUT2D eigenvalue weighted by Crippen LogP contribution is 2.42. The molecule has 0 fully saturated rings. The van der Waals surface area contributed by atoms with Crippen LogP contribution in [0.2, 0.25) is 0 Å². The molecule has 13 rings (SSSR count). The monoisotopic (exact) mass is 821 g/mol. The molecule has 5 nitrogen and oxygen atoms in total. The van der Waals surface area contributed by atoms with Gasteiger partial charge in [0.25, 0.3) is 0 Å². The molecule has 0 N–H and O–H groups in total. The quantitative estimate of drug-likeness (QED) is 0.174. The van der Waals surface area contributed by atoms with Crippen molar-refractivity contribution in [3.8, 4) is 16.8 Å². The van der Waals surface area contributed by atoms with Gasteiger partial charge in [0, 0.05) is 49.4 Å². The molecule has 0 saturated carbocycles. The lowest BCUT2D eigenvalue weighted by Crippen LogP contribution is -2.17. The normalized spacial score (nSPS) is 15.5. The number of benzene rings is 9. The fourth-order valence-corrected chi connectivity index (χ4v) is 9.90. The van der Waals surface area contributed by atoms with Gasteiger partial charge < -0.3 is 13.4 Å². The molecule has 0 radical (unpaired) electrons. The van der Waals surface area contributed by atoms with Crippen LogP contribution in [0, 0.1) is 5.92 Å². The number of para-hydroxylation sites is 3. The lowest BCUT2D eigenvalue weighted by molar-refractivity contribution is 0.666. The fourth-order valence-electron chi connectivity index (χ4n) is 9.90. The Morgan fingerprint density at radius 3 is 1.94 bits per heavy atom. The smallest absolute Gasteiger partial charge is 0.160 e. The van der Waals surface area contributed by atoms with Gasteiger partial charge in [0.05, 0.1) is 28.1 Å². The Kier molecular flexibility index (Phi) is 8.19.